The van der Waals surface area contributed by atoms with Gasteiger partial charge in [0.2, 0.25) is 0 Å². The Morgan fingerprint density at radius 2 is 1.96 bits per heavy atom. The Labute approximate surface area is 145 Å². The van der Waals surface area contributed by atoms with E-state index in [0.29, 0.717) is 11.7 Å². The van der Waals surface area contributed by atoms with Crippen LogP contribution in [0, 0.1) is 0 Å². The van der Waals surface area contributed by atoms with Crippen LogP contribution in [0.25, 0.3) is 11.2 Å². The first kappa shape index (κ1) is 14.5. The summed E-state index contributed by atoms with van der Waals surface area (Å²) in [5.41, 5.74) is 4.06. The Morgan fingerprint density at radius 3 is 2.88 bits per heavy atom. The number of fused-ring (bicyclic) bond motifs is 2. The van der Waals surface area contributed by atoms with Gasteiger partial charge in [-0.1, -0.05) is 0 Å². The highest BCUT2D eigenvalue weighted by molar-refractivity contribution is 5.71. The molecule has 7 nitrogen and oxygen atoms in total. The second kappa shape index (κ2) is 5.61. The zero-order valence-electron chi connectivity index (χ0n) is 14.1. The summed E-state index contributed by atoms with van der Waals surface area (Å²) in [5.74, 6) is 1.93. The minimum atomic E-state index is 0.414. The molecule has 0 amide bonds. The molecule has 0 aromatic carbocycles. The van der Waals surface area contributed by atoms with Crippen molar-refractivity contribution in [2.45, 2.75) is 25.3 Å². The van der Waals surface area contributed by atoms with Crippen molar-refractivity contribution < 1.29 is 0 Å². The lowest BCUT2D eigenvalue weighted by Crippen LogP contribution is -2.59. The molecule has 4 heterocycles. The molecule has 0 atom stereocenters. The summed E-state index contributed by atoms with van der Waals surface area (Å²) in [6, 6.07) is 6.62. The molecule has 1 aliphatic carbocycles. The fraction of sp³-hybridized carbons (Fsp3) is 0.389. The van der Waals surface area contributed by atoms with Crippen LogP contribution >= 0.6 is 0 Å². The van der Waals surface area contributed by atoms with E-state index in [1.54, 1.807) is 12.4 Å². The van der Waals surface area contributed by atoms with Crippen LogP contribution in [-0.2, 0) is 12.8 Å². The molecule has 1 saturated heterocycles. The molecular formula is C18H19N7. The monoisotopic (exact) mass is 333 g/mol. The third-order valence-corrected chi connectivity index (χ3v) is 5.22. The molecule has 126 valence electrons. The predicted octanol–water partition coefficient (Wildman–Crippen LogP) is 1.63. The number of anilines is 2. The van der Waals surface area contributed by atoms with Crippen LogP contribution in [0.2, 0.25) is 0 Å². The Kier molecular flexibility index (Phi) is 3.26. The van der Waals surface area contributed by atoms with Crippen molar-refractivity contribution in [3.05, 3.63) is 41.9 Å². The van der Waals surface area contributed by atoms with E-state index in [9.17, 15) is 0 Å². The Hall–Kier alpha value is -2.83. The van der Waals surface area contributed by atoms with E-state index >= 15 is 0 Å². The number of likely N-dealkylation sites (N-methyl/N-ethyl adjacent to an activating group) is 1. The third kappa shape index (κ3) is 2.47. The van der Waals surface area contributed by atoms with Gasteiger partial charge in [-0.15, -0.1) is 5.10 Å². The molecule has 0 bridgehead atoms. The summed E-state index contributed by atoms with van der Waals surface area (Å²) in [4.78, 5) is 17.7. The zero-order valence-corrected chi connectivity index (χ0v) is 14.1. The van der Waals surface area contributed by atoms with Gasteiger partial charge < -0.3 is 9.80 Å². The Bertz CT molecular complexity index is 936. The highest BCUT2D eigenvalue weighted by Gasteiger charge is 2.32. The molecular weight excluding hydrogens is 314 g/mol. The second-order valence-electron chi connectivity index (χ2n) is 6.77. The Balaban J connectivity index is 1.30. The number of aromatic nitrogens is 5. The molecule has 2 aliphatic rings. The molecule has 0 spiro atoms. The Morgan fingerprint density at radius 1 is 1.08 bits per heavy atom. The number of nitrogens with zero attached hydrogens (tertiary/aromatic N) is 7. The lowest BCUT2D eigenvalue weighted by atomic mass is 10.1. The molecule has 5 rings (SSSR count). The molecule has 3 aromatic heterocycles. The van der Waals surface area contributed by atoms with Gasteiger partial charge in [0.25, 0.3) is 0 Å². The molecule has 0 radical (unpaired) electrons. The zero-order chi connectivity index (χ0) is 16.8. The van der Waals surface area contributed by atoms with Crippen LogP contribution < -0.4 is 9.80 Å². The van der Waals surface area contributed by atoms with Gasteiger partial charge >= 0.3 is 0 Å². The van der Waals surface area contributed by atoms with Crippen LogP contribution in [0.1, 0.15) is 17.7 Å². The maximum atomic E-state index is 4.63. The molecule has 0 N–H and O–H groups in total. The minimum absolute atomic E-state index is 0.414. The average molecular weight is 333 g/mol. The fourth-order valence-corrected chi connectivity index (χ4v) is 3.59. The molecule has 25 heavy (non-hydrogen) atoms. The van der Waals surface area contributed by atoms with Crippen LogP contribution in [-0.4, -0.2) is 51.3 Å². The number of rotatable bonds is 3. The van der Waals surface area contributed by atoms with Crippen molar-refractivity contribution in [3.8, 4) is 0 Å². The van der Waals surface area contributed by atoms with Crippen LogP contribution in [0.3, 0.4) is 0 Å². The summed E-state index contributed by atoms with van der Waals surface area (Å²) in [6.07, 6.45) is 6.78. The van der Waals surface area contributed by atoms with Gasteiger partial charge in [-0.3, -0.25) is 4.98 Å². The first-order chi connectivity index (χ1) is 12.3. The smallest absolute Gasteiger partial charge is 0.180 e. The molecule has 7 heteroatoms. The molecule has 3 aromatic rings. The quantitative estimate of drug-likeness (QED) is 0.721. The van der Waals surface area contributed by atoms with Crippen molar-refractivity contribution in [2.24, 2.45) is 0 Å². The van der Waals surface area contributed by atoms with Gasteiger partial charge in [0.1, 0.15) is 11.3 Å². The van der Waals surface area contributed by atoms with Gasteiger partial charge in [-0.25, -0.2) is 9.97 Å². The van der Waals surface area contributed by atoms with E-state index in [2.05, 4.69) is 48.1 Å². The summed E-state index contributed by atoms with van der Waals surface area (Å²) in [5, 5.41) is 8.79. The van der Waals surface area contributed by atoms with Crippen molar-refractivity contribution in [1.29, 1.82) is 0 Å². The first-order valence-electron chi connectivity index (χ1n) is 8.69. The van der Waals surface area contributed by atoms with Crippen molar-refractivity contribution in [1.82, 2.24) is 25.1 Å². The van der Waals surface area contributed by atoms with Crippen molar-refractivity contribution >= 4 is 22.8 Å². The third-order valence-electron chi connectivity index (χ3n) is 5.22. The van der Waals surface area contributed by atoms with E-state index in [1.165, 1.54) is 17.7 Å². The maximum absolute atomic E-state index is 4.63. The second-order valence-corrected chi connectivity index (χ2v) is 6.77. The lowest BCUT2D eigenvalue weighted by molar-refractivity contribution is 0.487. The summed E-state index contributed by atoms with van der Waals surface area (Å²) >= 11 is 0. The minimum Gasteiger partial charge on any atom is -0.353 e. The number of hydrogen-bond donors (Lipinski definition) is 0. The largest absolute Gasteiger partial charge is 0.353 e. The van der Waals surface area contributed by atoms with Gasteiger partial charge in [-0.2, -0.15) is 5.10 Å². The van der Waals surface area contributed by atoms with Crippen LogP contribution in [0.4, 0.5) is 11.6 Å². The first-order valence-corrected chi connectivity index (χ1v) is 8.69. The van der Waals surface area contributed by atoms with E-state index < -0.39 is 0 Å². The molecule has 1 fully saturated rings. The van der Waals surface area contributed by atoms with Gasteiger partial charge in [0, 0.05) is 32.5 Å². The summed E-state index contributed by atoms with van der Waals surface area (Å²) in [6.45, 7) is 1.87. The van der Waals surface area contributed by atoms with E-state index in [0.717, 1.165) is 43.1 Å². The van der Waals surface area contributed by atoms with E-state index in [-0.39, 0.29) is 0 Å². The van der Waals surface area contributed by atoms with Crippen molar-refractivity contribution in [2.75, 3.05) is 29.9 Å². The maximum Gasteiger partial charge on any atom is 0.180 e. The average Bonchev–Trinajstić information content (AvgIpc) is 3.08. The molecule has 1 aliphatic heterocycles. The normalized spacial score (nSPS) is 16.8. The highest BCUT2D eigenvalue weighted by Crippen LogP contribution is 2.27. The van der Waals surface area contributed by atoms with Crippen molar-refractivity contribution in [3.63, 3.8) is 0 Å². The standard InChI is InChI=1S/C18H19N7/c1-24(16-6-5-15-18(21-16)20-8-7-19-15)13-10-25(11-13)17-9-12-3-2-4-14(12)22-23-17/h5-9,13H,2-4,10-11H2,1H3. The topological polar surface area (TPSA) is 70.9 Å². The lowest BCUT2D eigenvalue weighted by Gasteiger charge is -2.44. The number of pyridine rings is 1. The van der Waals surface area contributed by atoms with Crippen LogP contribution in [0.15, 0.2) is 30.6 Å². The number of hydrogen-bond acceptors (Lipinski definition) is 7. The molecule has 0 saturated carbocycles. The highest BCUT2D eigenvalue weighted by atomic mass is 15.4. The summed E-state index contributed by atoms with van der Waals surface area (Å²) in [7, 11) is 2.08. The molecule has 0 unspecified atom stereocenters. The van der Waals surface area contributed by atoms with E-state index in [4.69, 9.17) is 0 Å². The van der Waals surface area contributed by atoms with Crippen LogP contribution in [0.5, 0.6) is 0 Å². The number of aryl methyl sites for hydroxylation is 2. The fourth-order valence-electron chi connectivity index (χ4n) is 3.59. The van der Waals surface area contributed by atoms with Gasteiger partial charge in [-0.05, 0) is 43.0 Å². The van der Waals surface area contributed by atoms with Gasteiger partial charge in [0.05, 0.1) is 11.7 Å². The van der Waals surface area contributed by atoms with Gasteiger partial charge in [0.15, 0.2) is 11.5 Å². The SMILES string of the molecule is CN(c1ccc2nccnc2n1)C1CN(c2cc3c(nn2)CCC3)C1. The predicted molar refractivity (Wildman–Crippen MR) is 95.8 cm³/mol. The summed E-state index contributed by atoms with van der Waals surface area (Å²) < 4.78 is 0. The van der Waals surface area contributed by atoms with E-state index in [1.807, 2.05) is 12.1 Å².